The van der Waals surface area contributed by atoms with Crippen molar-refractivity contribution in [2.24, 2.45) is 0 Å². The molecule has 1 aliphatic rings. The number of fused-ring (bicyclic) bond motifs is 1. The first-order valence-corrected chi connectivity index (χ1v) is 7.65. The molecule has 1 saturated carbocycles. The number of nitrogens with zero attached hydrogens (tertiary/aromatic N) is 2. The first-order chi connectivity index (χ1) is 9.67. The number of hydrogen-bond acceptors (Lipinski definition) is 3. The highest BCUT2D eigenvalue weighted by Gasteiger charge is 2.21. The molecule has 0 aliphatic heterocycles. The quantitative estimate of drug-likeness (QED) is 0.847. The van der Waals surface area contributed by atoms with Crippen LogP contribution in [0.25, 0.3) is 11.0 Å². The molecule has 1 aromatic carbocycles. The monoisotopic (exact) mass is 372 g/mol. The number of hydrogen-bond donors (Lipinski definition) is 2. The van der Waals surface area contributed by atoms with E-state index >= 15 is 0 Å². The van der Waals surface area contributed by atoms with Crippen LogP contribution in [0.4, 0.5) is 5.95 Å². The lowest BCUT2D eigenvalue weighted by Crippen LogP contribution is -2.30. The lowest BCUT2D eigenvalue weighted by molar-refractivity contribution is -0.115. The molecule has 0 atom stereocenters. The number of carbonyl (C=O) groups is 1. The van der Waals surface area contributed by atoms with E-state index in [4.69, 9.17) is 0 Å². The van der Waals surface area contributed by atoms with E-state index in [2.05, 4.69) is 31.5 Å². The molecule has 1 fully saturated rings. The van der Waals surface area contributed by atoms with E-state index in [0.717, 1.165) is 22.1 Å². The Kier molecular flexibility index (Phi) is 5.24. The van der Waals surface area contributed by atoms with Crippen molar-refractivity contribution in [3.63, 3.8) is 0 Å². The summed E-state index contributed by atoms with van der Waals surface area (Å²) < 4.78 is 3.02. The molecule has 0 spiro atoms. The molecule has 1 aliphatic carbocycles. The third-order valence-corrected chi connectivity index (χ3v) is 3.90. The maximum absolute atomic E-state index is 11.9. The Morgan fingerprint density at radius 1 is 1.48 bits per heavy atom. The summed E-state index contributed by atoms with van der Waals surface area (Å²) in [6.07, 6.45) is 2.35. The smallest absolute Gasteiger partial charge is 0.240 e. The lowest BCUT2D eigenvalue weighted by atomic mass is 10.3. The summed E-state index contributed by atoms with van der Waals surface area (Å²) in [4.78, 5) is 16.4. The van der Waals surface area contributed by atoms with Crippen molar-refractivity contribution >= 4 is 51.2 Å². The molecule has 114 valence electrons. The summed E-state index contributed by atoms with van der Waals surface area (Å²) in [6, 6.07) is 6.45. The Balaban J connectivity index is 0.00000161. The molecule has 3 rings (SSSR count). The predicted octanol–water partition coefficient (Wildman–Crippen LogP) is 2.93. The Bertz CT molecular complexity index is 654. The fraction of sp³-hybridized carbons (Fsp3) is 0.429. The average Bonchev–Trinajstić information content (AvgIpc) is 3.19. The van der Waals surface area contributed by atoms with Gasteiger partial charge in [0.15, 0.2) is 0 Å². The van der Waals surface area contributed by atoms with Gasteiger partial charge in [-0.25, -0.2) is 4.98 Å². The molecule has 5 nitrogen and oxygen atoms in total. The molecule has 21 heavy (non-hydrogen) atoms. The Hall–Kier alpha value is -1.11. The summed E-state index contributed by atoms with van der Waals surface area (Å²) in [5.74, 6) is 0.573. The van der Waals surface area contributed by atoms with E-state index in [9.17, 15) is 4.79 Å². The predicted molar refractivity (Wildman–Crippen MR) is 90.0 cm³/mol. The first kappa shape index (κ1) is 16.3. The van der Waals surface area contributed by atoms with E-state index in [1.807, 2.05) is 29.7 Å². The van der Waals surface area contributed by atoms with Crippen molar-refractivity contribution < 1.29 is 4.79 Å². The molecule has 0 saturated heterocycles. The van der Waals surface area contributed by atoms with Gasteiger partial charge in [0.2, 0.25) is 11.9 Å². The van der Waals surface area contributed by atoms with Crippen molar-refractivity contribution in [1.29, 1.82) is 0 Å². The molecule has 1 heterocycles. The maximum atomic E-state index is 11.9. The Labute approximate surface area is 138 Å². The number of amides is 1. The van der Waals surface area contributed by atoms with Gasteiger partial charge in [-0.05, 0) is 38.0 Å². The van der Waals surface area contributed by atoms with Gasteiger partial charge in [0.25, 0.3) is 0 Å². The minimum absolute atomic E-state index is 0. The van der Waals surface area contributed by atoms with E-state index in [1.165, 1.54) is 12.8 Å². The minimum atomic E-state index is -0.0408. The highest BCUT2D eigenvalue weighted by Crippen LogP contribution is 2.23. The molecule has 2 aromatic rings. The van der Waals surface area contributed by atoms with Gasteiger partial charge >= 0.3 is 0 Å². The summed E-state index contributed by atoms with van der Waals surface area (Å²) >= 11 is 3.47. The van der Waals surface area contributed by atoms with Crippen LogP contribution < -0.4 is 10.6 Å². The largest absolute Gasteiger partial charge is 0.310 e. The zero-order valence-electron chi connectivity index (χ0n) is 11.7. The summed E-state index contributed by atoms with van der Waals surface area (Å²) in [5.41, 5.74) is 1.91. The van der Waals surface area contributed by atoms with Crippen molar-refractivity contribution in [1.82, 2.24) is 14.9 Å². The number of halogens is 2. The summed E-state index contributed by atoms with van der Waals surface area (Å²) in [5, 5.41) is 6.09. The molecular weight excluding hydrogens is 356 g/mol. The SMILES string of the molecule is CCn1c(NC(=O)CNC2CC2)nc2ccc(Br)cc21.Cl. The first-order valence-electron chi connectivity index (χ1n) is 6.86. The number of aryl methyl sites for hydroxylation is 1. The van der Waals surface area contributed by atoms with Gasteiger partial charge in [0.05, 0.1) is 17.6 Å². The second-order valence-corrected chi connectivity index (χ2v) is 5.93. The second kappa shape index (κ2) is 6.77. The van der Waals surface area contributed by atoms with Gasteiger partial charge in [0, 0.05) is 17.1 Å². The van der Waals surface area contributed by atoms with Gasteiger partial charge in [-0.15, -0.1) is 12.4 Å². The van der Waals surface area contributed by atoms with Crippen LogP contribution in [0, 0.1) is 0 Å². The number of carbonyl (C=O) groups excluding carboxylic acids is 1. The third-order valence-electron chi connectivity index (χ3n) is 3.41. The van der Waals surface area contributed by atoms with Gasteiger partial charge in [-0.1, -0.05) is 15.9 Å². The Morgan fingerprint density at radius 2 is 2.24 bits per heavy atom. The van der Waals surface area contributed by atoms with Crippen LogP contribution in [0.1, 0.15) is 19.8 Å². The van der Waals surface area contributed by atoms with Gasteiger partial charge in [-0.2, -0.15) is 0 Å². The van der Waals surface area contributed by atoms with E-state index in [1.54, 1.807) is 0 Å². The lowest BCUT2D eigenvalue weighted by Gasteiger charge is -2.08. The molecule has 0 bridgehead atoms. The van der Waals surface area contributed by atoms with Crippen LogP contribution in [0.5, 0.6) is 0 Å². The van der Waals surface area contributed by atoms with Crippen LogP contribution >= 0.6 is 28.3 Å². The van der Waals surface area contributed by atoms with E-state index < -0.39 is 0 Å². The number of aromatic nitrogens is 2. The molecule has 0 radical (unpaired) electrons. The Morgan fingerprint density at radius 3 is 2.90 bits per heavy atom. The maximum Gasteiger partial charge on any atom is 0.240 e. The van der Waals surface area contributed by atoms with E-state index in [-0.39, 0.29) is 18.3 Å². The van der Waals surface area contributed by atoms with Crippen LogP contribution in [-0.4, -0.2) is 28.0 Å². The van der Waals surface area contributed by atoms with Crippen LogP contribution in [0.15, 0.2) is 22.7 Å². The summed E-state index contributed by atoms with van der Waals surface area (Å²) in [7, 11) is 0. The van der Waals surface area contributed by atoms with Crippen molar-refractivity contribution in [3.8, 4) is 0 Å². The number of benzene rings is 1. The highest BCUT2D eigenvalue weighted by molar-refractivity contribution is 9.10. The topological polar surface area (TPSA) is 59.0 Å². The highest BCUT2D eigenvalue weighted by atomic mass is 79.9. The fourth-order valence-electron chi connectivity index (χ4n) is 2.20. The second-order valence-electron chi connectivity index (χ2n) is 5.02. The fourth-order valence-corrected chi connectivity index (χ4v) is 2.55. The van der Waals surface area contributed by atoms with E-state index in [0.29, 0.717) is 18.5 Å². The molecule has 1 aromatic heterocycles. The van der Waals surface area contributed by atoms with Gasteiger partial charge in [0.1, 0.15) is 0 Å². The zero-order valence-corrected chi connectivity index (χ0v) is 14.1. The molecular formula is C14H18BrClN4O. The zero-order chi connectivity index (χ0) is 14.1. The number of rotatable bonds is 5. The van der Waals surface area contributed by atoms with Crippen LogP contribution in [0.3, 0.4) is 0 Å². The van der Waals surface area contributed by atoms with Crippen LogP contribution in [0.2, 0.25) is 0 Å². The molecule has 1 amide bonds. The standard InChI is InChI=1S/C14H17BrN4O.ClH/c1-2-19-12-7-9(15)3-6-11(12)17-14(19)18-13(20)8-16-10-4-5-10;/h3,6-7,10,16H,2,4-5,8H2,1H3,(H,17,18,20);1H. The van der Waals surface area contributed by atoms with Crippen molar-refractivity contribution in [2.45, 2.75) is 32.4 Å². The number of imidazole rings is 1. The average molecular weight is 374 g/mol. The van der Waals surface area contributed by atoms with Crippen molar-refractivity contribution in [2.75, 3.05) is 11.9 Å². The molecule has 0 unspecified atom stereocenters. The molecule has 7 heteroatoms. The minimum Gasteiger partial charge on any atom is -0.310 e. The normalized spacial score (nSPS) is 14.0. The van der Waals surface area contributed by atoms with Crippen molar-refractivity contribution in [3.05, 3.63) is 22.7 Å². The van der Waals surface area contributed by atoms with Gasteiger partial charge < -0.3 is 9.88 Å². The third kappa shape index (κ3) is 3.75. The van der Waals surface area contributed by atoms with Gasteiger partial charge in [-0.3, -0.25) is 10.1 Å². The summed E-state index contributed by atoms with van der Waals surface area (Å²) in [6.45, 7) is 3.15. The number of nitrogens with one attached hydrogen (secondary N) is 2. The number of anilines is 1. The molecule has 2 N–H and O–H groups in total. The van der Waals surface area contributed by atoms with Crippen LogP contribution in [-0.2, 0) is 11.3 Å².